The fourth-order valence-electron chi connectivity index (χ4n) is 4.38. The molecule has 2 aliphatic rings. The molecule has 2 fully saturated rings. The van der Waals surface area contributed by atoms with E-state index < -0.39 is 0 Å². The highest BCUT2D eigenvalue weighted by molar-refractivity contribution is 8.00. The van der Waals surface area contributed by atoms with Crippen LogP contribution in [0, 0.1) is 0 Å². The van der Waals surface area contributed by atoms with Crippen LogP contribution in [0.5, 0.6) is 0 Å². The zero-order valence-electron chi connectivity index (χ0n) is 21.1. The van der Waals surface area contributed by atoms with Crippen molar-refractivity contribution in [3.05, 3.63) is 35.9 Å². The molecular formula is C25H37N5O4S3. The van der Waals surface area contributed by atoms with Gasteiger partial charge in [0.2, 0.25) is 11.8 Å². The summed E-state index contributed by atoms with van der Waals surface area (Å²) in [5.74, 6) is 2.36. The molecule has 2 aliphatic heterocycles. The van der Waals surface area contributed by atoms with Crippen molar-refractivity contribution in [2.24, 2.45) is 0 Å². The van der Waals surface area contributed by atoms with Gasteiger partial charge in [-0.25, -0.2) is 4.79 Å². The van der Waals surface area contributed by atoms with Crippen molar-refractivity contribution in [2.75, 3.05) is 43.9 Å². The van der Waals surface area contributed by atoms with Crippen LogP contribution in [0.25, 0.3) is 0 Å². The predicted octanol–water partition coefficient (Wildman–Crippen LogP) is 1.29. The summed E-state index contributed by atoms with van der Waals surface area (Å²) in [6, 6.07) is 9.98. The summed E-state index contributed by atoms with van der Waals surface area (Å²) in [4.78, 5) is 50.5. The summed E-state index contributed by atoms with van der Waals surface area (Å²) in [6.45, 7) is 1.46. The number of urea groups is 1. The third-order valence-electron chi connectivity index (χ3n) is 6.35. The molecule has 4 unspecified atom stereocenters. The van der Waals surface area contributed by atoms with Crippen LogP contribution >= 0.6 is 36.2 Å². The number of nitrogens with zero attached hydrogens (tertiary/aromatic N) is 1. The van der Waals surface area contributed by atoms with Gasteiger partial charge in [0.25, 0.3) is 0 Å². The number of fused-ring (bicyclic) bond motifs is 1. The smallest absolute Gasteiger partial charge is 0.315 e. The normalized spacial score (nSPS) is 21.2. The van der Waals surface area contributed by atoms with Crippen molar-refractivity contribution < 1.29 is 19.2 Å². The molecule has 2 heterocycles. The molecule has 0 aromatic heterocycles. The third-order valence-corrected chi connectivity index (χ3v) is 9.08. The van der Waals surface area contributed by atoms with E-state index in [1.54, 1.807) is 11.8 Å². The van der Waals surface area contributed by atoms with Crippen molar-refractivity contribution in [1.82, 2.24) is 26.2 Å². The summed E-state index contributed by atoms with van der Waals surface area (Å²) in [6.07, 6.45) is 1.02. The molecule has 1 aromatic carbocycles. The van der Waals surface area contributed by atoms with Crippen LogP contribution < -0.4 is 21.3 Å². The van der Waals surface area contributed by atoms with Crippen LogP contribution in [0.2, 0.25) is 0 Å². The van der Waals surface area contributed by atoms with Gasteiger partial charge in [-0.2, -0.15) is 36.2 Å². The fourth-order valence-corrected chi connectivity index (χ4v) is 6.96. The molecule has 2 saturated heterocycles. The number of hydrogen-bond acceptors (Lipinski definition) is 8. The van der Waals surface area contributed by atoms with E-state index in [1.165, 1.54) is 5.56 Å². The second-order valence-corrected chi connectivity index (χ2v) is 12.1. The van der Waals surface area contributed by atoms with Crippen molar-refractivity contribution in [1.29, 1.82) is 0 Å². The second kappa shape index (κ2) is 15.5. The Kier molecular flexibility index (Phi) is 12.4. The molecule has 0 radical (unpaired) electrons. The van der Waals surface area contributed by atoms with E-state index in [0.717, 1.165) is 23.8 Å². The Bertz CT molecular complexity index is 923. The van der Waals surface area contributed by atoms with Gasteiger partial charge in [-0.05, 0) is 19.0 Å². The summed E-state index contributed by atoms with van der Waals surface area (Å²) >= 11 is 7.57. The first-order chi connectivity index (χ1) is 17.8. The molecule has 12 heteroatoms. The predicted molar refractivity (Wildman–Crippen MR) is 153 cm³/mol. The lowest BCUT2D eigenvalue weighted by Crippen LogP contribution is -2.44. The molecule has 4 atom stereocenters. The molecule has 37 heavy (non-hydrogen) atoms. The number of carbonyl (C=O) groups excluding carboxylic acids is 4. The van der Waals surface area contributed by atoms with E-state index in [9.17, 15) is 19.2 Å². The van der Waals surface area contributed by atoms with E-state index >= 15 is 0 Å². The lowest BCUT2D eigenvalue weighted by atomic mass is 10.1. The van der Waals surface area contributed by atoms with E-state index in [2.05, 4.69) is 50.9 Å². The maximum absolute atomic E-state index is 12.5. The van der Waals surface area contributed by atoms with E-state index in [-0.39, 0.29) is 72.1 Å². The molecule has 204 valence electrons. The van der Waals surface area contributed by atoms with Gasteiger partial charge in [-0.1, -0.05) is 30.3 Å². The second-order valence-electron chi connectivity index (χ2n) is 9.40. The molecule has 3 rings (SSSR count). The Labute approximate surface area is 232 Å². The van der Waals surface area contributed by atoms with Crippen LogP contribution in [0.3, 0.4) is 0 Å². The minimum absolute atomic E-state index is 0.00118. The van der Waals surface area contributed by atoms with Crippen LogP contribution in [0.1, 0.15) is 24.8 Å². The monoisotopic (exact) mass is 567 g/mol. The van der Waals surface area contributed by atoms with Gasteiger partial charge in [0.05, 0.1) is 24.4 Å². The highest BCUT2D eigenvalue weighted by atomic mass is 32.2. The van der Waals surface area contributed by atoms with E-state index in [0.29, 0.717) is 13.0 Å². The fraction of sp³-hybridized carbons (Fsp3) is 0.600. The third kappa shape index (κ3) is 10.4. The van der Waals surface area contributed by atoms with Crippen LogP contribution in [0.4, 0.5) is 4.79 Å². The first-order valence-electron chi connectivity index (χ1n) is 12.5. The van der Waals surface area contributed by atoms with Crippen LogP contribution in [-0.4, -0.2) is 95.8 Å². The van der Waals surface area contributed by atoms with Crippen molar-refractivity contribution in [3.8, 4) is 0 Å². The Balaban J connectivity index is 1.34. The van der Waals surface area contributed by atoms with Gasteiger partial charge in [0.15, 0.2) is 5.78 Å². The maximum Gasteiger partial charge on any atom is 0.315 e. The minimum atomic E-state index is -0.194. The number of thioether (sulfide) groups is 2. The highest BCUT2D eigenvalue weighted by Crippen LogP contribution is 2.31. The average molecular weight is 568 g/mol. The van der Waals surface area contributed by atoms with Crippen molar-refractivity contribution >= 4 is 59.8 Å². The SMILES string of the molecule is CN(CCSCc1ccccc1)CC(CCC(=O)CNC(=O)CC1SCC2NC(=O)NC21)NC(=O)CS. The Morgan fingerprint density at radius 3 is 2.76 bits per heavy atom. The number of benzene rings is 1. The van der Waals surface area contributed by atoms with Crippen molar-refractivity contribution in [2.45, 2.75) is 48.4 Å². The van der Waals surface area contributed by atoms with E-state index in [4.69, 9.17) is 0 Å². The van der Waals surface area contributed by atoms with Gasteiger partial charge in [-0.15, -0.1) is 0 Å². The van der Waals surface area contributed by atoms with Gasteiger partial charge >= 0.3 is 6.03 Å². The Hall–Kier alpha value is -1.89. The maximum atomic E-state index is 12.5. The molecule has 9 nitrogen and oxygen atoms in total. The number of Topliss-reactive ketones (excluding diaryl/α,β-unsaturated/α-hetero) is 1. The standard InChI is InChI=1S/C25H37N5O4S3/c1-30(9-10-36-15-17-5-3-2-4-6-17)13-18(27-23(33)14-35)7-8-19(31)12-26-22(32)11-21-24-20(16-37-21)28-25(34)29-24/h2-6,18,20-21,24,35H,7-16H2,1H3,(H,26,32)(H,27,33)(H2,28,29,34). The number of nitrogens with one attached hydrogen (secondary N) is 4. The minimum Gasteiger partial charge on any atom is -0.351 e. The molecular weight excluding hydrogens is 531 g/mol. The summed E-state index contributed by atoms with van der Waals surface area (Å²) < 4.78 is 0. The zero-order chi connectivity index (χ0) is 26.6. The summed E-state index contributed by atoms with van der Waals surface area (Å²) in [5, 5.41) is 11.4. The number of thiol groups is 1. The summed E-state index contributed by atoms with van der Waals surface area (Å²) in [7, 11) is 2.01. The first kappa shape index (κ1) is 29.7. The molecule has 1 aromatic rings. The molecule has 0 aliphatic carbocycles. The number of rotatable bonds is 16. The lowest BCUT2D eigenvalue weighted by Gasteiger charge is -2.25. The Morgan fingerprint density at radius 2 is 2.00 bits per heavy atom. The van der Waals surface area contributed by atoms with Gasteiger partial charge in [0, 0.05) is 54.5 Å². The number of likely N-dealkylation sites (N-methyl/N-ethyl adjacent to an activating group) is 1. The number of hydrogen-bond donors (Lipinski definition) is 5. The highest BCUT2D eigenvalue weighted by Gasteiger charge is 2.43. The average Bonchev–Trinajstić information content (AvgIpc) is 3.43. The molecule has 4 amide bonds. The molecule has 0 bridgehead atoms. The van der Waals surface area contributed by atoms with Crippen molar-refractivity contribution in [3.63, 3.8) is 0 Å². The zero-order valence-corrected chi connectivity index (χ0v) is 23.6. The van der Waals surface area contributed by atoms with Gasteiger partial charge in [0.1, 0.15) is 0 Å². The van der Waals surface area contributed by atoms with Crippen LogP contribution in [-0.2, 0) is 20.1 Å². The molecule has 0 spiro atoms. The number of ketones is 1. The quantitative estimate of drug-likeness (QED) is 0.116. The van der Waals surface area contributed by atoms with E-state index in [1.807, 2.05) is 37.0 Å². The lowest BCUT2D eigenvalue weighted by molar-refractivity contribution is -0.125. The first-order valence-corrected chi connectivity index (χ1v) is 15.3. The topological polar surface area (TPSA) is 120 Å². The number of carbonyl (C=O) groups is 4. The molecule has 4 N–H and O–H groups in total. The van der Waals surface area contributed by atoms with Gasteiger partial charge in [-0.3, -0.25) is 14.4 Å². The van der Waals surface area contributed by atoms with Crippen LogP contribution in [0.15, 0.2) is 30.3 Å². The summed E-state index contributed by atoms with van der Waals surface area (Å²) in [5.41, 5.74) is 1.30. The molecule has 0 saturated carbocycles. The largest absolute Gasteiger partial charge is 0.351 e. The number of amides is 4. The Morgan fingerprint density at radius 1 is 1.22 bits per heavy atom. The van der Waals surface area contributed by atoms with Gasteiger partial charge < -0.3 is 26.2 Å².